The molecule has 1 rings (SSSR count). The summed E-state index contributed by atoms with van der Waals surface area (Å²) in [5, 5.41) is 8.60. The zero-order chi connectivity index (χ0) is 15.7. The Kier molecular flexibility index (Phi) is 7.46. The van der Waals surface area contributed by atoms with E-state index in [4.69, 9.17) is 0 Å². The summed E-state index contributed by atoms with van der Waals surface area (Å²) in [6.45, 7) is 5.10. The molecular weight excluding hydrogens is 266 g/mol. The van der Waals surface area contributed by atoms with Crippen LogP contribution in [0.5, 0.6) is 0 Å². The fraction of sp³-hybridized carbons (Fsp3) is 0.500. The highest BCUT2D eigenvalue weighted by molar-refractivity contribution is 5.88. The number of likely N-dealkylation sites (N-methyl/N-ethyl adjacent to an activating group) is 1. The fourth-order valence-corrected chi connectivity index (χ4v) is 1.96. The van der Waals surface area contributed by atoms with E-state index in [2.05, 4.69) is 16.0 Å². The lowest BCUT2D eigenvalue weighted by molar-refractivity contribution is -0.129. The summed E-state index contributed by atoms with van der Waals surface area (Å²) in [6, 6.07) is 9.00. The van der Waals surface area contributed by atoms with Gasteiger partial charge < -0.3 is 16.0 Å². The second kappa shape index (κ2) is 9.13. The first-order chi connectivity index (χ1) is 10.0. The van der Waals surface area contributed by atoms with Crippen molar-refractivity contribution in [3.8, 4) is 0 Å². The van der Waals surface area contributed by atoms with Crippen molar-refractivity contribution in [3.05, 3.63) is 35.9 Å². The third-order valence-electron chi connectivity index (χ3n) is 3.15. The van der Waals surface area contributed by atoms with Crippen LogP contribution < -0.4 is 16.0 Å². The standard InChI is InChI=1S/C16H25N3O2/c1-12(2)15(16(21)18-10-9-17-3)19-14(20)11-13-7-5-4-6-8-13/h4-8,12,15,17H,9-11H2,1-3H3,(H,18,21)(H,19,20). The predicted molar refractivity (Wildman–Crippen MR) is 83.9 cm³/mol. The van der Waals surface area contributed by atoms with Crippen molar-refractivity contribution in [2.75, 3.05) is 20.1 Å². The molecule has 2 amide bonds. The quantitative estimate of drug-likeness (QED) is 0.618. The zero-order valence-corrected chi connectivity index (χ0v) is 13.0. The highest BCUT2D eigenvalue weighted by Gasteiger charge is 2.23. The van der Waals surface area contributed by atoms with Gasteiger partial charge in [-0.2, -0.15) is 0 Å². The summed E-state index contributed by atoms with van der Waals surface area (Å²) >= 11 is 0. The minimum absolute atomic E-state index is 0.0410. The van der Waals surface area contributed by atoms with E-state index in [9.17, 15) is 9.59 Å². The molecule has 0 spiro atoms. The van der Waals surface area contributed by atoms with E-state index in [-0.39, 0.29) is 24.2 Å². The monoisotopic (exact) mass is 291 g/mol. The van der Waals surface area contributed by atoms with Crippen molar-refractivity contribution in [1.82, 2.24) is 16.0 Å². The van der Waals surface area contributed by atoms with Gasteiger partial charge in [0.15, 0.2) is 0 Å². The molecule has 0 aliphatic heterocycles. The molecule has 0 radical (unpaired) electrons. The van der Waals surface area contributed by atoms with Gasteiger partial charge in [0.2, 0.25) is 11.8 Å². The molecule has 1 aromatic carbocycles. The molecule has 21 heavy (non-hydrogen) atoms. The van der Waals surface area contributed by atoms with Crippen LogP contribution in [0.2, 0.25) is 0 Å². The SMILES string of the molecule is CNCCNC(=O)C(NC(=O)Cc1ccccc1)C(C)C. The Morgan fingerprint density at radius 1 is 1.10 bits per heavy atom. The van der Waals surface area contributed by atoms with Gasteiger partial charge in [-0.05, 0) is 18.5 Å². The van der Waals surface area contributed by atoms with E-state index in [1.165, 1.54) is 0 Å². The van der Waals surface area contributed by atoms with E-state index in [0.717, 1.165) is 5.56 Å². The van der Waals surface area contributed by atoms with Crippen LogP contribution in [-0.2, 0) is 16.0 Å². The lowest BCUT2D eigenvalue weighted by atomic mass is 10.0. The topological polar surface area (TPSA) is 70.2 Å². The molecule has 5 nitrogen and oxygen atoms in total. The number of carbonyl (C=O) groups excluding carboxylic acids is 2. The Hall–Kier alpha value is -1.88. The average molecular weight is 291 g/mol. The van der Waals surface area contributed by atoms with Crippen LogP contribution in [0, 0.1) is 5.92 Å². The molecule has 0 aliphatic rings. The van der Waals surface area contributed by atoms with E-state index in [1.807, 2.05) is 51.2 Å². The van der Waals surface area contributed by atoms with Crippen LogP contribution in [0.25, 0.3) is 0 Å². The van der Waals surface area contributed by atoms with Gasteiger partial charge in [-0.25, -0.2) is 0 Å². The summed E-state index contributed by atoms with van der Waals surface area (Å²) < 4.78 is 0. The highest BCUT2D eigenvalue weighted by atomic mass is 16.2. The number of benzene rings is 1. The summed E-state index contributed by atoms with van der Waals surface area (Å²) in [5.74, 6) is -0.232. The van der Waals surface area contributed by atoms with Gasteiger partial charge in [0.05, 0.1) is 6.42 Å². The third-order valence-corrected chi connectivity index (χ3v) is 3.15. The predicted octanol–water partition coefficient (Wildman–Crippen LogP) is 0.706. The maximum absolute atomic E-state index is 12.1. The molecule has 0 bridgehead atoms. The minimum atomic E-state index is -0.502. The van der Waals surface area contributed by atoms with Gasteiger partial charge in [0.1, 0.15) is 6.04 Å². The van der Waals surface area contributed by atoms with Crippen molar-refractivity contribution < 1.29 is 9.59 Å². The van der Waals surface area contributed by atoms with Gasteiger partial charge in [0, 0.05) is 13.1 Å². The molecule has 0 heterocycles. The smallest absolute Gasteiger partial charge is 0.242 e. The van der Waals surface area contributed by atoms with Crippen LogP contribution in [-0.4, -0.2) is 38.0 Å². The molecule has 0 aliphatic carbocycles. The normalized spacial score (nSPS) is 12.0. The van der Waals surface area contributed by atoms with Crippen molar-refractivity contribution in [2.24, 2.45) is 5.92 Å². The Bertz CT molecular complexity index is 446. The van der Waals surface area contributed by atoms with Crippen LogP contribution in [0.4, 0.5) is 0 Å². The molecule has 1 unspecified atom stereocenters. The summed E-state index contributed by atoms with van der Waals surface area (Å²) in [6.07, 6.45) is 0.286. The summed E-state index contributed by atoms with van der Waals surface area (Å²) in [5.41, 5.74) is 0.938. The molecule has 116 valence electrons. The van der Waals surface area contributed by atoms with E-state index in [1.54, 1.807) is 0 Å². The molecule has 5 heteroatoms. The fourth-order valence-electron chi connectivity index (χ4n) is 1.96. The summed E-state index contributed by atoms with van der Waals surface area (Å²) in [7, 11) is 1.83. The number of hydrogen-bond donors (Lipinski definition) is 3. The largest absolute Gasteiger partial charge is 0.353 e. The summed E-state index contributed by atoms with van der Waals surface area (Å²) in [4.78, 5) is 24.2. The Morgan fingerprint density at radius 3 is 2.33 bits per heavy atom. The first-order valence-electron chi connectivity index (χ1n) is 7.30. The number of nitrogens with one attached hydrogen (secondary N) is 3. The van der Waals surface area contributed by atoms with E-state index < -0.39 is 6.04 Å². The Labute approximate surface area is 126 Å². The number of carbonyl (C=O) groups is 2. The molecule has 0 aromatic heterocycles. The lowest BCUT2D eigenvalue weighted by Gasteiger charge is -2.21. The molecule has 0 fully saturated rings. The van der Waals surface area contributed by atoms with Crippen LogP contribution in [0.1, 0.15) is 19.4 Å². The second-order valence-electron chi connectivity index (χ2n) is 5.35. The molecule has 0 saturated heterocycles. The van der Waals surface area contributed by atoms with Crippen molar-refractivity contribution >= 4 is 11.8 Å². The first kappa shape index (κ1) is 17.2. The van der Waals surface area contributed by atoms with Crippen LogP contribution in [0.3, 0.4) is 0 Å². The van der Waals surface area contributed by atoms with Gasteiger partial charge in [-0.3, -0.25) is 9.59 Å². The third kappa shape index (κ3) is 6.40. The molecule has 1 aromatic rings. The maximum Gasteiger partial charge on any atom is 0.242 e. The van der Waals surface area contributed by atoms with E-state index in [0.29, 0.717) is 13.1 Å². The first-order valence-corrected chi connectivity index (χ1v) is 7.30. The van der Waals surface area contributed by atoms with E-state index >= 15 is 0 Å². The van der Waals surface area contributed by atoms with Gasteiger partial charge in [-0.1, -0.05) is 44.2 Å². The van der Waals surface area contributed by atoms with Gasteiger partial charge in [0.25, 0.3) is 0 Å². The second-order valence-corrected chi connectivity index (χ2v) is 5.35. The van der Waals surface area contributed by atoms with Gasteiger partial charge >= 0.3 is 0 Å². The number of rotatable bonds is 8. The molecule has 0 saturated carbocycles. The van der Waals surface area contributed by atoms with Crippen LogP contribution >= 0.6 is 0 Å². The maximum atomic E-state index is 12.1. The lowest BCUT2D eigenvalue weighted by Crippen LogP contribution is -2.50. The van der Waals surface area contributed by atoms with Crippen LogP contribution in [0.15, 0.2) is 30.3 Å². The number of hydrogen-bond acceptors (Lipinski definition) is 3. The minimum Gasteiger partial charge on any atom is -0.353 e. The van der Waals surface area contributed by atoms with Crippen molar-refractivity contribution in [1.29, 1.82) is 0 Å². The Morgan fingerprint density at radius 2 is 1.76 bits per heavy atom. The molecule has 1 atom stereocenters. The van der Waals surface area contributed by atoms with Crippen molar-refractivity contribution in [3.63, 3.8) is 0 Å². The number of amides is 2. The van der Waals surface area contributed by atoms with Gasteiger partial charge in [-0.15, -0.1) is 0 Å². The Balaban J connectivity index is 2.53. The van der Waals surface area contributed by atoms with Crippen molar-refractivity contribution in [2.45, 2.75) is 26.3 Å². The zero-order valence-electron chi connectivity index (χ0n) is 13.0. The molecule has 3 N–H and O–H groups in total. The highest BCUT2D eigenvalue weighted by Crippen LogP contribution is 2.04. The average Bonchev–Trinajstić information content (AvgIpc) is 2.45. The molecular formula is C16H25N3O2.